The zero-order valence-electron chi connectivity index (χ0n) is 17.6. The fraction of sp³-hybridized carbons (Fsp3) is 0.391. The van der Waals surface area contributed by atoms with Gasteiger partial charge in [-0.3, -0.25) is 4.79 Å². The minimum Gasteiger partial charge on any atom is -0.371 e. The SMILES string of the molecule is N#Cc1ccc(S(=O)(=O)N2CCC(C(=O)Nc3cc(F)cc(N4CCCC4)c3)CC2)cc1. The standard InChI is InChI=1S/C23H25FN4O3S/c24-19-13-20(15-21(14-19)27-9-1-2-10-27)26-23(29)18-7-11-28(12-8-18)32(30,31)22-5-3-17(16-25)4-6-22/h3-6,13-15,18H,1-2,7-12H2,(H,26,29). The van der Waals surface area contributed by atoms with Crippen LogP contribution in [0.1, 0.15) is 31.2 Å². The second kappa shape index (κ2) is 9.27. The molecule has 1 amide bonds. The zero-order chi connectivity index (χ0) is 22.7. The molecule has 7 nitrogen and oxygen atoms in total. The van der Waals surface area contributed by atoms with Crippen molar-refractivity contribution >= 4 is 27.3 Å². The Labute approximate surface area is 187 Å². The van der Waals surface area contributed by atoms with Crippen molar-refractivity contribution in [2.24, 2.45) is 5.92 Å². The lowest BCUT2D eigenvalue weighted by Crippen LogP contribution is -2.41. The molecule has 0 radical (unpaired) electrons. The molecule has 0 aliphatic carbocycles. The van der Waals surface area contributed by atoms with Crippen LogP contribution < -0.4 is 10.2 Å². The number of nitrogens with one attached hydrogen (secondary N) is 1. The highest BCUT2D eigenvalue weighted by Gasteiger charge is 2.32. The maximum absolute atomic E-state index is 14.1. The number of nitrogens with zero attached hydrogens (tertiary/aromatic N) is 3. The molecule has 2 aliphatic rings. The zero-order valence-corrected chi connectivity index (χ0v) is 18.4. The van der Waals surface area contributed by atoms with Gasteiger partial charge in [-0.05, 0) is 68.1 Å². The number of rotatable bonds is 5. The van der Waals surface area contributed by atoms with Crippen LogP contribution in [0.15, 0.2) is 47.4 Å². The van der Waals surface area contributed by atoms with Gasteiger partial charge in [0.2, 0.25) is 15.9 Å². The van der Waals surface area contributed by atoms with E-state index in [2.05, 4.69) is 10.2 Å². The van der Waals surface area contributed by atoms with Crippen LogP contribution in [0.2, 0.25) is 0 Å². The summed E-state index contributed by atoms with van der Waals surface area (Å²) >= 11 is 0. The highest BCUT2D eigenvalue weighted by Crippen LogP contribution is 2.28. The lowest BCUT2D eigenvalue weighted by atomic mass is 9.97. The summed E-state index contributed by atoms with van der Waals surface area (Å²) in [7, 11) is -3.68. The number of carbonyl (C=O) groups excluding carboxylic acids is 1. The number of piperidine rings is 1. The first-order valence-corrected chi connectivity index (χ1v) is 12.2. The van der Waals surface area contributed by atoms with E-state index in [-0.39, 0.29) is 29.8 Å². The van der Waals surface area contributed by atoms with E-state index >= 15 is 0 Å². The third-order valence-corrected chi connectivity index (χ3v) is 7.98. The smallest absolute Gasteiger partial charge is 0.243 e. The first-order chi connectivity index (χ1) is 15.4. The monoisotopic (exact) mass is 456 g/mol. The molecule has 2 fully saturated rings. The first-order valence-electron chi connectivity index (χ1n) is 10.7. The summed E-state index contributed by atoms with van der Waals surface area (Å²) in [5.74, 6) is -0.965. The van der Waals surface area contributed by atoms with E-state index < -0.39 is 15.8 Å². The maximum Gasteiger partial charge on any atom is 0.243 e. The number of carbonyl (C=O) groups is 1. The lowest BCUT2D eigenvalue weighted by molar-refractivity contribution is -0.120. The average Bonchev–Trinajstić information content (AvgIpc) is 3.34. The Balaban J connectivity index is 1.38. The average molecular weight is 457 g/mol. The fourth-order valence-electron chi connectivity index (χ4n) is 4.26. The van der Waals surface area contributed by atoms with Gasteiger partial charge >= 0.3 is 0 Å². The Bertz CT molecular complexity index is 1130. The normalized spacial score (nSPS) is 17.8. The third kappa shape index (κ3) is 4.76. The van der Waals surface area contributed by atoms with E-state index in [9.17, 15) is 17.6 Å². The summed E-state index contributed by atoms with van der Waals surface area (Å²) in [6, 6.07) is 12.3. The van der Waals surface area contributed by atoms with Crippen molar-refractivity contribution in [2.75, 3.05) is 36.4 Å². The van der Waals surface area contributed by atoms with Crippen molar-refractivity contribution in [1.82, 2.24) is 4.31 Å². The van der Waals surface area contributed by atoms with Crippen LogP contribution in [0.4, 0.5) is 15.8 Å². The van der Waals surface area contributed by atoms with Crippen LogP contribution >= 0.6 is 0 Å². The molecule has 0 spiro atoms. The molecule has 2 heterocycles. The van der Waals surface area contributed by atoms with Crippen LogP contribution in [-0.4, -0.2) is 44.8 Å². The van der Waals surface area contributed by atoms with Crippen LogP contribution in [0.3, 0.4) is 0 Å². The van der Waals surface area contributed by atoms with Gasteiger partial charge < -0.3 is 10.2 Å². The molecule has 0 bridgehead atoms. The summed E-state index contributed by atoms with van der Waals surface area (Å²) in [6.07, 6.45) is 2.91. The number of halogens is 1. The number of hydrogen-bond donors (Lipinski definition) is 1. The maximum atomic E-state index is 14.1. The van der Waals surface area contributed by atoms with Crippen molar-refractivity contribution in [3.63, 3.8) is 0 Å². The molecule has 2 aromatic carbocycles. The molecule has 0 atom stereocenters. The van der Waals surface area contributed by atoms with Crippen LogP contribution in [0.25, 0.3) is 0 Å². The van der Waals surface area contributed by atoms with Crippen molar-refractivity contribution in [1.29, 1.82) is 5.26 Å². The molecule has 0 unspecified atom stereocenters. The second-order valence-corrected chi connectivity index (χ2v) is 10.1. The highest BCUT2D eigenvalue weighted by atomic mass is 32.2. The summed E-state index contributed by atoms with van der Waals surface area (Å²) in [5, 5.41) is 11.7. The summed E-state index contributed by atoms with van der Waals surface area (Å²) < 4.78 is 41.2. The van der Waals surface area contributed by atoms with Crippen molar-refractivity contribution < 1.29 is 17.6 Å². The Morgan fingerprint density at radius 3 is 2.31 bits per heavy atom. The third-order valence-electron chi connectivity index (χ3n) is 6.07. The molecule has 0 saturated carbocycles. The van der Waals surface area contributed by atoms with E-state index in [4.69, 9.17) is 5.26 Å². The molecule has 2 aromatic rings. The van der Waals surface area contributed by atoms with Gasteiger partial charge in [-0.2, -0.15) is 9.57 Å². The van der Waals surface area contributed by atoms with Gasteiger partial charge in [0.25, 0.3) is 0 Å². The second-order valence-electron chi connectivity index (χ2n) is 8.20. The minimum absolute atomic E-state index is 0.133. The molecule has 2 aliphatic heterocycles. The predicted molar refractivity (Wildman–Crippen MR) is 119 cm³/mol. The minimum atomic E-state index is -3.68. The number of anilines is 2. The summed E-state index contributed by atoms with van der Waals surface area (Å²) in [4.78, 5) is 15.0. The molecule has 32 heavy (non-hydrogen) atoms. The van der Waals surface area contributed by atoms with E-state index in [0.29, 0.717) is 24.1 Å². The molecular formula is C23H25FN4O3S. The van der Waals surface area contributed by atoms with Crippen LogP contribution in [0, 0.1) is 23.1 Å². The molecule has 1 N–H and O–H groups in total. The van der Waals surface area contributed by atoms with Gasteiger partial charge in [0.1, 0.15) is 5.82 Å². The van der Waals surface area contributed by atoms with Gasteiger partial charge in [0.15, 0.2) is 0 Å². The van der Waals surface area contributed by atoms with Gasteiger partial charge in [0.05, 0.1) is 16.5 Å². The molecule has 168 valence electrons. The molecular weight excluding hydrogens is 431 g/mol. The molecule has 9 heteroatoms. The predicted octanol–water partition coefficient (Wildman–Crippen LogP) is 3.34. The fourth-order valence-corrected chi connectivity index (χ4v) is 5.73. The van der Waals surface area contributed by atoms with Gasteiger partial charge in [0, 0.05) is 43.5 Å². The van der Waals surface area contributed by atoms with Gasteiger partial charge in [-0.15, -0.1) is 0 Å². The van der Waals surface area contributed by atoms with Crippen molar-refractivity contribution in [3.05, 3.63) is 53.8 Å². The molecule has 0 aromatic heterocycles. The van der Waals surface area contributed by atoms with Crippen LogP contribution in [-0.2, 0) is 14.8 Å². The van der Waals surface area contributed by atoms with Crippen molar-refractivity contribution in [2.45, 2.75) is 30.6 Å². The summed E-state index contributed by atoms with van der Waals surface area (Å²) in [5.41, 5.74) is 1.58. The molecule has 2 saturated heterocycles. The number of benzene rings is 2. The van der Waals surface area contributed by atoms with E-state index in [1.54, 1.807) is 6.07 Å². The Morgan fingerprint density at radius 1 is 1.03 bits per heavy atom. The van der Waals surface area contributed by atoms with Gasteiger partial charge in [-0.1, -0.05) is 0 Å². The number of amides is 1. The highest BCUT2D eigenvalue weighted by molar-refractivity contribution is 7.89. The number of hydrogen-bond acceptors (Lipinski definition) is 5. The quantitative estimate of drug-likeness (QED) is 0.745. The summed E-state index contributed by atoms with van der Waals surface area (Å²) in [6.45, 7) is 2.21. The number of sulfonamides is 1. The topological polar surface area (TPSA) is 93.5 Å². The molecule has 4 rings (SSSR count). The van der Waals surface area contributed by atoms with Crippen molar-refractivity contribution in [3.8, 4) is 6.07 Å². The lowest BCUT2D eigenvalue weighted by Gasteiger charge is -2.30. The Hall–Kier alpha value is -2.96. The largest absolute Gasteiger partial charge is 0.371 e. The van der Waals surface area contributed by atoms with E-state index in [1.807, 2.05) is 6.07 Å². The van der Waals surface area contributed by atoms with Gasteiger partial charge in [-0.25, -0.2) is 12.8 Å². The number of nitriles is 1. The Kier molecular flexibility index (Phi) is 6.44. The van der Waals surface area contributed by atoms with E-state index in [0.717, 1.165) is 31.6 Å². The van der Waals surface area contributed by atoms with Crippen LogP contribution in [0.5, 0.6) is 0 Å². The Morgan fingerprint density at radius 2 is 1.69 bits per heavy atom. The first kappa shape index (κ1) is 22.2. The van der Waals surface area contributed by atoms with E-state index in [1.165, 1.54) is 40.7 Å².